The van der Waals surface area contributed by atoms with Crippen LogP contribution in [0.15, 0.2) is 89.7 Å². The molecule has 234 valence electrons. The normalized spacial score (nSPS) is 11.9. The van der Waals surface area contributed by atoms with E-state index in [1.807, 2.05) is 24.3 Å². The number of benzene rings is 4. The number of aromatic hydroxyl groups is 1. The van der Waals surface area contributed by atoms with Gasteiger partial charge in [-0.05, 0) is 60.2 Å². The molecule has 0 bridgehead atoms. The zero-order chi connectivity index (χ0) is 32.5. The van der Waals surface area contributed by atoms with E-state index in [0.717, 1.165) is 23.6 Å². The van der Waals surface area contributed by atoms with Gasteiger partial charge >= 0.3 is 5.97 Å². The van der Waals surface area contributed by atoms with Gasteiger partial charge < -0.3 is 28.9 Å². The summed E-state index contributed by atoms with van der Waals surface area (Å²) in [5.74, 6) is -2.82. The molecule has 0 spiro atoms. The zero-order valence-electron chi connectivity index (χ0n) is 25.3. The fourth-order valence-corrected chi connectivity index (χ4v) is 5.98. The van der Waals surface area contributed by atoms with E-state index in [4.69, 9.17) is 14.2 Å². The number of aromatic amines is 1. The fraction of sp³-hybridized carbons (Fsp3) is 0.167. The Hall–Kier alpha value is -5.64. The maximum absolute atomic E-state index is 15.7. The van der Waals surface area contributed by atoms with Crippen LogP contribution in [0.1, 0.15) is 38.7 Å². The van der Waals surface area contributed by atoms with Gasteiger partial charge in [0.25, 0.3) is 5.56 Å². The SMILES string of the molecule is COc1ccc(C(=O)OCCc2c(C(c3cc(F)ccc3F)c3c(O)c4ccccc4n(C)c3=O)[nH]c3ccccc23)cc1OC. The van der Waals surface area contributed by atoms with Crippen LogP contribution < -0.4 is 15.0 Å². The number of fused-ring (bicyclic) bond motifs is 2. The van der Waals surface area contributed by atoms with Crippen LogP contribution in [0.25, 0.3) is 21.8 Å². The van der Waals surface area contributed by atoms with Gasteiger partial charge in [-0.15, -0.1) is 0 Å². The molecule has 0 aliphatic carbocycles. The number of nitrogens with zero attached hydrogens (tertiary/aromatic N) is 1. The minimum atomic E-state index is -1.25. The van der Waals surface area contributed by atoms with Crippen LogP contribution in [0.4, 0.5) is 8.78 Å². The smallest absolute Gasteiger partial charge is 0.338 e. The summed E-state index contributed by atoms with van der Waals surface area (Å²) >= 11 is 0. The summed E-state index contributed by atoms with van der Waals surface area (Å²) in [6.07, 6.45) is 0.153. The molecule has 0 radical (unpaired) electrons. The molecular weight excluding hydrogens is 594 g/mol. The van der Waals surface area contributed by atoms with E-state index < -0.39 is 29.1 Å². The van der Waals surface area contributed by atoms with Crippen molar-refractivity contribution in [1.29, 1.82) is 0 Å². The van der Waals surface area contributed by atoms with Gasteiger partial charge in [0.2, 0.25) is 0 Å². The average molecular weight is 625 g/mol. The largest absolute Gasteiger partial charge is 0.507 e. The second-order valence-electron chi connectivity index (χ2n) is 10.8. The van der Waals surface area contributed by atoms with Crippen molar-refractivity contribution in [3.05, 3.63) is 135 Å². The number of aryl methyl sites for hydroxylation is 1. The van der Waals surface area contributed by atoms with Crippen LogP contribution in [0.3, 0.4) is 0 Å². The Labute approximate surface area is 262 Å². The monoisotopic (exact) mass is 624 g/mol. The third kappa shape index (κ3) is 5.32. The number of carbonyl (C=O) groups is 1. The van der Waals surface area contributed by atoms with Crippen molar-refractivity contribution in [3.8, 4) is 17.2 Å². The second-order valence-corrected chi connectivity index (χ2v) is 10.8. The number of rotatable bonds is 9. The van der Waals surface area contributed by atoms with Crippen LogP contribution in [0.5, 0.6) is 17.2 Å². The molecule has 4 aromatic carbocycles. The van der Waals surface area contributed by atoms with Gasteiger partial charge in [0.15, 0.2) is 11.5 Å². The first kappa shape index (κ1) is 30.4. The van der Waals surface area contributed by atoms with Crippen molar-refractivity contribution in [2.75, 3.05) is 20.8 Å². The van der Waals surface area contributed by atoms with Gasteiger partial charge in [0, 0.05) is 41.0 Å². The number of hydrogen-bond donors (Lipinski definition) is 2. The Balaban J connectivity index is 1.48. The first-order valence-corrected chi connectivity index (χ1v) is 14.5. The predicted octanol–water partition coefficient (Wildman–Crippen LogP) is 6.60. The molecule has 2 aromatic heterocycles. The number of H-pyrrole nitrogens is 1. The summed E-state index contributed by atoms with van der Waals surface area (Å²) in [6.45, 7) is -0.0813. The summed E-state index contributed by atoms with van der Waals surface area (Å²) in [4.78, 5) is 30.3. The van der Waals surface area contributed by atoms with Gasteiger partial charge in [-0.1, -0.05) is 30.3 Å². The van der Waals surface area contributed by atoms with Crippen molar-refractivity contribution in [3.63, 3.8) is 0 Å². The van der Waals surface area contributed by atoms with E-state index in [9.17, 15) is 19.1 Å². The summed E-state index contributed by atoms with van der Waals surface area (Å²) < 4.78 is 47.9. The van der Waals surface area contributed by atoms with Crippen LogP contribution >= 0.6 is 0 Å². The number of methoxy groups -OCH3 is 2. The van der Waals surface area contributed by atoms with Crippen molar-refractivity contribution in [1.82, 2.24) is 9.55 Å². The van der Waals surface area contributed by atoms with Crippen molar-refractivity contribution < 1.29 is 32.9 Å². The predicted molar refractivity (Wildman–Crippen MR) is 170 cm³/mol. The van der Waals surface area contributed by atoms with Gasteiger partial charge in [-0.25, -0.2) is 13.6 Å². The lowest BCUT2D eigenvalue weighted by Gasteiger charge is -2.22. The Kier molecular flexibility index (Phi) is 8.19. The number of nitrogens with one attached hydrogen (secondary N) is 1. The van der Waals surface area contributed by atoms with E-state index in [2.05, 4.69) is 4.98 Å². The molecule has 8 nitrogen and oxygen atoms in total. The molecule has 6 rings (SSSR count). The molecule has 2 heterocycles. The van der Waals surface area contributed by atoms with E-state index in [1.165, 1.54) is 24.9 Å². The average Bonchev–Trinajstić information content (AvgIpc) is 3.44. The number of halogens is 2. The van der Waals surface area contributed by atoms with Crippen molar-refractivity contribution >= 4 is 27.8 Å². The number of carbonyl (C=O) groups excluding carboxylic acids is 1. The first-order chi connectivity index (χ1) is 22.2. The Bertz CT molecular complexity index is 2170. The molecule has 0 fully saturated rings. The van der Waals surface area contributed by atoms with E-state index in [1.54, 1.807) is 43.4 Å². The highest BCUT2D eigenvalue weighted by atomic mass is 19.1. The third-order valence-electron chi connectivity index (χ3n) is 8.21. The molecule has 0 aliphatic heterocycles. The lowest BCUT2D eigenvalue weighted by molar-refractivity contribution is 0.0509. The number of para-hydroxylation sites is 2. The number of hydrogen-bond acceptors (Lipinski definition) is 6. The zero-order valence-corrected chi connectivity index (χ0v) is 25.3. The summed E-state index contributed by atoms with van der Waals surface area (Å²) in [5.41, 5.74) is 1.52. The maximum atomic E-state index is 15.7. The quantitative estimate of drug-likeness (QED) is 0.176. The highest BCUT2D eigenvalue weighted by Gasteiger charge is 2.32. The van der Waals surface area contributed by atoms with Gasteiger partial charge in [0.05, 0.1) is 43.4 Å². The minimum Gasteiger partial charge on any atom is -0.507 e. The van der Waals surface area contributed by atoms with Crippen LogP contribution in [0.2, 0.25) is 0 Å². The molecule has 0 amide bonds. The molecule has 6 aromatic rings. The van der Waals surface area contributed by atoms with E-state index in [-0.39, 0.29) is 35.5 Å². The molecule has 0 saturated heterocycles. The van der Waals surface area contributed by atoms with Gasteiger partial charge in [-0.3, -0.25) is 4.79 Å². The van der Waals surface area contributed by atoms with Crippen LogP contribution in [-0.4, -0.2) is 41.5 Å². The second kappa shape index (κ2) is 12.4. The van der Waals surface area contributed by atoms with Crippen molar-refractivity contribution in [2.24, 2.45) is 7.05 Å². The molecular formula is C36H30F2N2O6. The molecule has 46 heavy (non-hydrogen) atoms. The molecule has 2 N–H and O–H groups in total. The number of ether oxygens (including phenoxy) is 3. The lowest BCUT2D eigenvalue weighted by Crippen LogP contribution is -2.26. The van der Waals surface area contributed by atoms with Gasteiger partial charge in [0.1, 0.15) is 17.4 Å². The molecule has 1 atom stereocenters. The minimum absolute atomic E-state index is 0.0813. The topological polar surface area (TPSA) is 103 Å². The summed E-state index contributed by atoms with van der Waals surface area (Å²) in [6, 6.07) is 21.8. The Morgan fingerprint density at radius 3 is 2.39 bits per heavy atom. The fourth-order valence-electron chi connectivity index (χ4n) is 5.98. The number of pyridine rings is 1. The molecule has 10 heteroatoms. The molecule has 1 unspecified atom stereocenters. The highest BCUT2D eigenvalue weighted by molar-refractivity contribution is 5.91. The Morgan fingerprint density at radius 2 is 1.63 bits per heavy atom. The highest BCUT2D eigenvalue weighted by Crippen LogP contribution is 2.42. The van der Waals surface area contributed by atoms with E-state index in [0.29, 0.717) is 39.2 Å². The van der Waals surface area contributed by atoms with E-state index >= 15 is 4.39 Å². The van der Waals surface area contributed by atoms with Crippen molar-refractivity contribution in [2.45, 2.75) is 12.3 Å². The Morgan fingerprint density at radius 1 is 0.913 bits per heavy atom. The first-order valence-electron chi connectivity index (χ1n) is 14.5. The number of esters is 1. The summed E-state index contributed by atoms with van der Waals surface area (Å²) in [7, 11) is 4.52. The molecule has 0 saturated carbocycles. The standard InChI is InChI=1S/C36H30F2N2O6/c1-40-28-11-7-5-9-24(28)34(41)32(35(40)42)31(25-19-21(37)13-14-26(25)38)33-23(22-8-4-6-10-27(22)39-33)16-17-46-36(43)20-12-15-29(44-2)30(18-20)45-3/h4-15,18-19,31,39,41H,16-17H2,1-3H3. The van der Waals surface area contributed by atoms with Crippen LogP contribution in [-0.2, 0) is 18.2 Å². The van der Waals surface area contributed by atoms with Gasteiger partial charge in [-0.2, -0.15) is 0 Å². The lowest BCUT2D eigenvalue weighted by atomic mass is 9.84. The maximum Gasteiger partial charge on any atom is 0.338 e. The third-order valence-corrected chi connectivity index (χ3v) is 8.21. The molecule has 0 aliphatic rings. The number of aromatic nitrogens is 2. The van der Waals surface area contributed by atoms with Crippen LogP contribution in [0, 0.1) is 11.6 Å². The summed E-state index contributed by atoms with van der Waals surface area (Å²) in [5, 5.41) is 12.7.